The second kappa shape index (κ2) is 6.26. The number of benzene rings is 1. The van der Waals surface area contributed by atoms with Crippen molar-refractivity contribution < 1.29 is 14.2 Å². The summed E-state index contributed by atoms with van der Waals surface area (Å²) in [4.78, 5) is 4.82. The molecule has 4 heteroatoms. The molecular formula is C20H24FNO2. The van der Waals surface area contributed by atoms with Gasteiger partial charge in [-0.1, -0.05) is 26.0 Å². The molecule has 1 N–H and O–H groups in total. The molecule has 3 nitrogen and oxygen atoms in total. The van der Waals surface area contributed by atoms with Gasteiger partial charge in [-0.15, -0.1) is 0 Å². The van der Waals surface area contributed by atoms with Crippen molar-refractivity contribution in [2.45, 2.75) is 51.7 Å². The maximum absolute atomic E-state index is 13.4. The Bertz CT molecular complexity index is 749. The molecule has 24 heavy (non-hydrogen) atoms. The smallest absolute Gasteiger partial charge is 0.123 e. The fourth-order valence-electron chi connectivity index (χ4n) is 3.33. The van der Waals surface area contributed by atoms with Gasteiger partial charge >= 0.3 is 0 Å². The first kappa shape index (κ1) is 17.1. The molecule has 2 aromatic rings. The minimum absolute atomic E-state index is 0.205. The van der Waals surface area contributed by atoms with E-state index in [-0.39, 0.29) is 11.7 Å². The first-order valence-electron chi connectivity index (χ1n) is 8.38. The monoisotopic (exact) mass is 329 g/mol. The molecular weight excluding hydrogens is 305 g/mol. The van der Waals surface area contributed by atoms with Crippen molar-refractivity contribution in [3.8, 4) is 11.1 Å². The second-order valence-electron chi connectivity index (χ2n) is 6.95. The summed E-state index contributed by atoms with van der Waals surface area (Å²) < 4.78 is 18.8. The van der Waals surface area contributed by atoms with Crippen LogP contribution in [-0.2, 0) is 16.9 Å². The lowest BCUT2D eigenvalue weighted by atomic mass is 9.89. The van der Waals surface area contributed by atoms with Gasteiger partial charge in [0.1, 0.15) is 11.4 Å². The zero-order valence-corrected chi connectivity index (χ0v) is 14.7. The highest BCUT2D eigenvalue weighted by molar-refractivity contribution is 5.73. The summed E-state index contributed by atoms with van der Waals surface area (Å²) in [5.41, 5.74) is 4.79. The normalized spacial score (nSPS) is 15.8. The summed E-state index contributed by atoms with van der Waals surface area (Å²) in [5.74, 6) is -0.0556. The van der Waals surface area contributed by atoms with Gasteiger partial charge in [-0.25, -0.2) is 4.39 Å². The quantitative estimate of drug-likeness (QED) is 0.881. The zero-order valence-electron chi connectivity index (χ0n) is 14.7. The molecule has 0 bridgehead atoms. The van der Waals surface area contributed by atoms with Crippen molar-refractivity contribution in [1.29, 1.82) is 0 Å². The van der Waals surface area contributed by atoms with E-state index in [0.29, 0.717) is 6.61 Å². The van der Waals surface area contributed by atoms with Crippen molar-refractivity contribution in [2.24, 2.45) is 0 Å². The number of methoxy groups -OCH3 is 1. The predicted molar refractivity (Wildman–Crippen MR) is 92.3 cm³/mol. The fourth-order valence-corrected chi connectivity index (χ4v) is 3.33. The lowest BCUT2D eigenvalue weighted by molar-refractivity contribution is 0.145. The van der Waals surface area contributed by atoms with Crippen LogP contribution in [0.25, 0.3) is 11.1 Å². The van der Waals surface area contributed by atoms with E-state index in [2.05, 4.69) is 13.8 Å². The number of halogens is 1. The van der Waals surface area contributed by atoms with Gasteiger partial charge in [-0.2, -0.15) is 0 Å². The molecule has 0 unspecified atom stereocenters. The Labute approximate surface area is 142 Å². The van der Waals surface area contributed by atoms with Crippen LogP contribution in [0.5, 0.6) is 0 Å². The van der Waals surface area contributed by atoms with Crippen LogP contribution < -0.4 is 0 Å². The van der Waals surface area contributed by atoms with Crippen LogP contribution in [0.2, 0.25) is 0 Å². The standard InChI is InChI=1S/C20H24FNO2/c1-12(2)18-16(11-24-4)17(14-5-7-15(21)8-6-14)13(3)19(22-18)20(23)9-10-20/h5-8,12,23H,9-11H2,1-4H3. The van der Waals surface area contributed by atoms with Crippen LogP contribution in [0, 0.1) is 12.7 Å². The van der Waals surface area contributed by atoms with Crippen molar-refractivity contribution in [3.05, 3.63) is 52.6 Å². The predicted octanol–water partition coefficient (Wildman–Crippen LogP) is 4.45. The molecule has 128 valence electrons. The Morgan fingerprint density at radius 2 is 1.88 bits per heavy atom. The van der Waals surface area contributed by atoms with Crippen molar-refractivity contribution >= 4 is 0 Å². The number of nitrogens with zero attached hydrogens (tertiary/aromatic N) is 1. The minimum Gasteiger partial charge on any atom is -0.384 e. The molecule has 3 rings (SSSR count). The van der Waals surface area contributed by atoms with Gasteiger partial charge in [0.15, 0.2) is 0 Å². The molecule has 0 amide bonds. The highest BCUT2D eigenvalue weighted by Gasteiger charge is 2.45. The summed E-state index contributed by atoms with van der Waals surface area (Å²) in [6, 6.07) is 6.49. The molecule has 0 atom stereocenters. The number of aliphatic hydroxyl groups is 1. The summed E-state index contributed by atoms with van der Waals surface area (Å²) in [6.45, 7) is 6.60. The fraction of sp³-hybridized carbons (Fsp3) is 0.450. The van der Waals surface area contributed by atoms with E-state index in [4.69, 9.17) is 9.72 Å². The van der Waals surface area contributed by atoms with Gasteiger partial charge in [0.25, 0.3) is 0 Å². The average molecular weight is 329 g/mol. The lowest BCUT2D eigenvalue weighted by Crippen LogP contribution is -2.16. The molecule has 1 aliphatic carbocycles. The number of hydrogen-bond donors (Lipinski definition) is 1. The number of hydrogen-bond acceptors (Lipinski definition) is 3. The van der Waals surface area contributed by atoms with E-state index in [1.54, 1.807) is 19.2 Å². The van der Waals surface area contributed by atoms with Crippen LogP contribution in [0.3, 0.4) is 0 Å². The van der Waals surface area contributed by atoms with Crippen LogP contribution in [0.15, 0.2) is 24.3 Å². The van der Waals surface area contributed by atoms with Crippen molar-refractivity contribution in [3.63, 3.8) is 0 Å². The van der Waals surface area contributed by atoms with Crippen LogP contribution in [-0.4, -0.2) is 17.2 Å². The van der Waals surface area contributed by atoms with Crippen molar-refractivity contribution in [1.82, 2.24) is 4.98 Å². The van der Waals surface area contributed by atoms with Gasteiger partial charge in [0, 0.05) is 18.4 Å². The number of aromatic nitrogens is 1. The lowest BCUT2D eigenvalue weighted by Gasteiger charge is -2.23. The first-order chi connectivity index (χ1) is 11.4. The van der Waals surface area contributed by atoms with Gasteiger partial charge in [-0.05, 0) is 54.5 Å². The summed E-state index contributed by atoms with van der Waals surface area (Å²) in [5, 5.41) is 10.7. The topological polar surface area (TPSA) is 42.4 Å². The van der Waals surface area contributed by atoms with E-state index >= 15 is 0 Å². The minimum atomic E-state index is -0.811. The first-order valence-corrected chi connectivity index (χ1v) is 8.38. The maximum Gasteiger partial charge on any atom is 0.123 e. The molecule has 0 radical (unpaired) electrons. The largest absolute Gasteiger partial charge is 0.384 e. The summed E-state index contributed by atoms with van der Waals surface area (Å²) in [6.07, 6.45) is 1.48. The Hall–Kier alpha value is -1.78. The molecule has 0 spiro atoms. The van der Waals surface area contributed by atoms with Gasteiger partial charge < -0.3 is 9.84 Å². The number of ether oxygens (including phenoxy) is 1. The Morgan fingerprint density at radius 3 is 2.38 bits per heavy atom. The Morgan fingerprint density at radius 1 is 1.25 bits per heavy atom. The third-order valence-electron chi connectivity index (χ3n) is 4.71. The highest BCUT2D eigenvalue weighted by Crippen LogP contribution is 2.48. The van der Waals surface area contributed by atoms with Crippen molar-refractivity contribution in [2.75, 3.05) is 7.11 Å². The van der Waals surface area contributed by atoms with Crippen LogP contribution in [0.1, 0.15) is 55.1 Å². The Balaban J connectivity index is 2.30. The average Bonchev–Trinajstić information content (AvgIpc) is 3.27. The third-order valence-corrected chi connectivity index (χ3v) is 4.71. The van der Waals surface area contributed by atoms with Crippen LogP contribution in [0.4, 0.5) is 4.39 Å². The third kappa shape index (κ3) is 2.96. The van der Waals surface area contributed by atoms with E-state index in [1.807, 2.05) is 6.92 Å². The SMILES string of the molecule is COCc1c(C(C)C)nc(C2(O)CC2)c(C)c1-c1ccc(F)cc1. The second-order valence-corrected chi connectivity index (χ2v) is 6.95. The van der Waals surface area contributed by atoms with E-state index in [1.165, 1.54) is 12.1 Å². The highest BCUT2D eigenvalue weighted by atomic mass is 19.1. The maximum atomic E-state index is 13.4. The number of pyridine rings is 1. The Kier molecular flexibility index (Phi) is 4.45. The molecule has 1 heterocycles. The molecule has 1 saturated carbocycles. The van der Waals surface area contributed by atoms with Crippen LogP contribution >= 0.6 is 0 Å². The van der Waals surface area contributed by atoms with Gasteiger partial charge in [-0.3, -0.25) is 4.98 Å². The van der Waals surface area contributed by atoms with Gasteiger partial charge in [0.2, 0.25) is 0 Å². The van der Waals surface area contributed by atoms with E-state index in [9.17, 15) is 9.50 Å². The summed E-state index contributed by atoms with van der Waals surface area (Å²) >= 11 is 0. The zero-order chi connectivity index (χ0) is 17.5. The molecule has 1 aromatic carbocycles. The molecule has 1 aliphatic rings. The van der Waals surface area contributed by atoms with E-state index < -0.39 is 5.60 Å². The summed E-state index contributed by atoms with van der Waals surface area (Å²) in [7, 11) is 1.66. The molecule has 0 saturated heterocycles. The number of rotatable bonds is 5. The van der Waals surface area contributed by atoms with E-state index in [0.717, 1.165) is 46.5 Å². The van der Waals surface area contributed by atoms with Gasteiger partial charge in [0.05, 0.1) is 12.3 Å². The molecule has 0 aliphatic heterocycles. The molecule has 1 aromatic heterocycles. The molecule has 1 fully saturated rings.